The molecule has 1 aromatic carbocycles. The van der Waals surface area contributed by atoms with Crippen LogP contribution in [-0.2, 0) is 13.1 Å². The Kier molecular flexibility index (Phi) is 4.25. The SMILES string of the molecule is CCN(CC)Cc1nnc2sc(CN3C(=O)c4ccccc4C3=O)nn12. The van der Waals surface area contributed by atoms with E-state index < -0.39 is 0 Å². The average Bonchev–Trinajstić information content (AvgIpc) is 3.29. The molecular weight excluding hydrogens is 352 g/mol. The third-order valence-corrected chi connectivity index (χ3v) is 5.41. The molecule has 0 radical (unpaired) electrons. The maximum absolute atomic E-state index is 12.5. The van der Waals surface area contributed by atoms with Crippen LogP contribution in [0.2, 0.25) is 0 Å². The lowest BCUT2D eigenvalue weighted by Crippen LogP contribution is -2.29. The minimum Gasteiger partial charge on any atom is -0.296 e. The van der Waals surface area contributed by atoms with Crippen LogP contribution < -0.4 is 0 Å². The smallest absolute Gasteiger partial charge is 0.261 e. The first-order valence-corrected chi connectivity index (χ1v) is 9.31. The molecule has 2 amide bonds. The Morgan fingerprint density at radius 1 is 1.04 bits per heavy atom. The van der Waals surface area contributed by atoms with E-state index >= 15 is 0 Å². The van der Waals surface area contributed by atoms with Gasteiger partial charge in [-0.15, -0.1) is 10.2 Å². The van der Waals surface area contributed by atoms with Gasteiger partial charge in [-0.25, -0.2) is 0 Å². The molecular formula is C17H18N6O2S. The Hall–Kier alpha value is -2.65. The van der Waals surface area contributed by atoms with Gasteiger partial charge in [0, 0.05) is 0 Å². The van der Waals surface area contributed by atoms with Crippen LogP contribution in [0.25, 0.3) is 4.96 Å². The predicted octanol–water partition coefficient (Wildman–Crippen LogP) is 1.82. The van der Waals surface area contributed by atoms with Crippen LogP contribution in [0.15, 0.2) is 24.3 Å². The lowest BCUT2D eigenvalue weighted by molar-refractivity contribution is 0.0642. The molecule has 0 spiro atoms. The third kappa shape index (κ3) is 2.69. The van der Waals surface area contributed by atoms with E-state index in [4.69, 9.17) is 0 Å². The standard InChI is InChI=1S/C17H18N6O2S/c1-3-21(4-2)9-13-18-19-17-23(13)20-14(26-17)10-22-15(24)11-7-5-6-8-12(11)16(22)25/h5-8H,3-4,9-10H2,1-2H3. The molecule has 8 nitrogen and oxygen atoms in total. The molecule has 134 valence electrons. The Morgan fingerprint density at radius 3 is 2.31 bits per heavy atom. The summed E-state index contributed by atoms with van der Waals surface area (Å²) in [5.74, 6) is 0.202. The quantitative estimate of drug-likeness (QED) is 0.616. The van der Waals surface area contributed by atoms with Crippen molar-refractivity contribution in [3.63, 3.8) is 0 Å². The van der Waals surface area contributed by atoms with E-state index in [9.17, 15) is 9.59 Å². The zero-order valence-corrected chi connectivity index (χ0v) is 15.4. The van der Waals surface area contributed by atoms with Crippen molar-refractivity contribution in [1.29, 1.82) is 0 Å². The minimum atomic E-state index is -0.278. The number of hydrogen-bond acceptors (Lipinski definition) is 7. The van der Waals surface area contributed by atoms with Crippen molar-refractivity contribution in [2.24, 2.45) is 0 Å². The molecule has 4 rings (SSSR count). The van der Waals surface area contributed by atoms with Gasteiger partial charge in [0.2, 0.25) is 4.96 Å². The van der Waals surface area contributed by atoms with Gasteiger partial charge in [-0.3, -0.25) is 19.4 Å². The number of rotatable bonds is 6. The molecule has 0 unspecified atom stereocenters. The van der Waals surface area contributed by atoms with E-state index in [1.165, 1.54) is 16.2 Å². The van der Waals surface area contributed by atoms with Gasteiger partial charge in [0.25, 0.3) is 11.8 Å². The zero-order chi connectivity index (χ0) is 18.3. The van der Waals surface area contributed by atoms with Gasteiger partial charge in [-0.1, -0.05) is 37.3 Å². The second-order valence-corrected chi connectivity index (χ2v) is 7.05. The molecule has 1 aliphatic heterocycles. The van der Waals surface area contributed by atoms with E-state index in [1.54, 1.807) is 28.8 Å². The highest BCUT2D eigenvalue weighted by molar-refractivity contribution is 7.16. The van der Waals surface area contributed by atoms with E-state index in [1.807, 2.05) is 0 Å². The number of imide groups is 1. The summed E-state index contributed by atoms with van der Waals surface area (Å²) < 4.78 is 1.70. The number of hydrogen-bond donors (Lipinski definition) is 0. The maximum atomic E-state index is 12.5. The Morgan fingerprint density at radius 2 is 1.69 bits per heavy atom. The highest BCUT2D eigenvalue weighted by atomic mass is 32.1. The first kappa shape index (κ1) is 16.8. The first-order valence-electron chi connectivity index (χ1n) is 8.50. The maximum Gasteiger partial charge on any atom is 0.261 e. The fourth-order valence-corrected chi connectivity index (χ4v) is 3.87. The second-order valence-electron chi connectivity index (χ2n) is 6.01. The number of benzene rings is 1. The molecule has 0 atom stereocenters. The highest BCUT2D eigenvalue weighted by Crippen LogP contribution is 2.25. The Balaban J connectivity index is 1.58. The number of aromatic nitrogens is 4. The topological polar surface area (TPSA) is 83.7 Å². The summed E-state index contributed by atoms with van der Waals surface area (Å²) in [6, 6.07) is 6.87. The monoisotopic (exact) mass is 370 g/mol. The molecule has 3 heterocycles. The fraction of sp³-hybridized carbons (Fsp3) is 0.353. The normalized spacial score (nSPS) is 14.0. The molecule has 3 aromatic rings. The molecule has 0 aliphatic carbocycles. The van der Waals surface area contributed by atoms with Crippen LogP contribution in [0, 0.1) is 0 Å². The minimum absolute atomic E-state index is 0.144. The molecule has 0 saturated heterocycles. The molecule has 9 heteroatoms. The van der Waals surface area contributed by atoms with E-state index in [2.05, 4.69) is 34.0 Å². The Labute approximate surface area is 154 Å². The van der Waals surface area contributed by atoms with Crippen molar-refractivity contribution in [3.8, 4) is 0 Å². The number of carbonyl (C=O) groups excluding carboxylic acids is 2. The summed E-state index contributed by atoms with van der Waals surface area (Å²) >= 11 is 1.34. The van der Waals surface area contributed by atoms with Gasteiger partial charge in [0.05, 0.1) is 24.2 Å². The van der Waals surface area contributed by atoms with Crippen LogP contribution >= 0.6 is 11.3 Å². The van der Waals surface area contributed by atoms with Gasteiger partial charge >= 0.3 is 0 Å². The van der Waals surface area contributed by atoms with Crippen molar-refractivity contribution >= 4 is 28.1 Å². The molecule has 26 heavy (non-hydrogen) atoms. The third-order valence-electron chi connectivity index (χ3n) is 4.53. The summed E-state index contributed by atoms with van der Waals surface area (Å²) in [6.45, 7) is 6.82. The Bertz CT molecular complexity index is 955. The van der Waals surface area contributed by atoms with Crippen molar-refractivity contribution in [2.75, 3.05) is 13.1 Å². The lowest BCUT2D eigenvalue weighted by atomic mass is 10.1. The van der Waals surface area contributed by atoms with Crippen LogP contribution in [0.3, 0.4) is 0 Å². The number of fused-ring (bicyclic) bond motifs is 2. The number of nitrogens with zero attached hydrogens (tertiary/aromatic N) is 6. The average molecular weight is 370 g/mol. The van der Waals surface area contributed by atoms with Crippen LogP contribution in [0.5, 0.6) is 0 Å². The van der Waals surface area contributed by atoms with E-state index in [0.717, 1.165) is 18.9 Å². The summed E-state index contributed by atoms with van der Waals surface area (Å²) in [5.41, 5.74) is 0.894. The second kappa shape index (κ2) is 6.58. The van der Waals surface area contributed by atoms with Crippen LogP contribution in [0.4, 0.5) is 0 Å². The van der Waals surface area contributed by atoms with Gasteiger partial charge in [0.15, 0.2) is 5.82 Å². The summed E-state index contributed by atoms with van der Waals surface area (Å²) in [4.78, 5) is 29.1. The molecule has 0 fully saturated rings. The number of amides is 2. The van der Waals surface area contributed by atoms with Crippen LogP contribution in [-0.4, -0.2) is 54.5 Å². The van der Waals surface area contributed by atoms with Gasteiger partial charge in [-0.05, 0) is 25.2 Å². The fourth-order valence-electron chi connectivity index (χ4n) is 3.02. The summed E-state index contributed by atoms with van der Waals surface area (Å²) in [5, 5.41) is 13.5. The summed E-state index contributed by atoms with van der Waals surface area (Å²) in [7, 11) is 0. The molecule has 0 N–H and O–H groups in total. The predicted molar refractivity (Wildman–Crippen MR) is 95.9 cm³/mol. The van der Waals surface area contributed by atoms with Gasteiger partial charge in [-0.2, -0.15) is 9.61 Å². The zero-order valence-electron chi connectivity index (χ0n) is 14.5. The molecule has 0 saturated carbocycles. The van der Waals surface area contributed by atoms with Crippen molar-refractivity contribution < 1.29 is 9.59 Å². The number of carbonyl (C=O) groups is 2. The van der Waals surface area contributed by atoms with E-state index in [0.29, 0.717) is 27.6 Å². The molecule has 2 aromatic heterocycles. The first-order chi connectivity index (χ1) is 12.6. The lowest BCUT2D eigenvalue weighted by Gasteiger charge is -2.15. The molecule has 1 aliphatic rings. The van der Waals surface area contributed by atoms with Crippen molar-refractivity contribution in [1.82, 2.24) is 29.6 Å². The molecule has 0 bridgehead atoms. The van der Waals surface area contributed by atoms with Gasteiger partial charge in [0.1, 0.15) is 5.01 Å². The van der Waals surface area contributed by atoms with Crippen molar-refractivity contribution in [2.45, 2.75) is 26.9 Å². The van der Waals surface area contributed by atoms with E-state index in [-0.39, 0.29) is 18.4 Å². The van der Waals surface area contributed by atoms with Crippen molar-refractivity contribution in [3.05, 3.63) is 46.2 Å². The highest BCUT2D eigenvalue weighted by Gasteiger charge is 2.35. The van der Waals surface area contributed by atoms with Gasteiger partial charge < -0.3 is 0 Å². The summed E-state index contributed by atoms with van der Waals surface area (Å²) in [6.07, 6.45) is 0. The largest absolute Gasteiger partial charge is 0.296 e. The van der Waals surface area contributed by atoms with Crippen LogP contribution in [0.1, 0.15) is 45.4 Å².